The van der Waals surface area contributed by atoms with Gasteiger partial charge in [0.1, 0.15) is 5.82 Å². The van der Waals surface area contributed by atoms with Crippen LogP contribution in [0, 0.1) is 10.8 Å². The molecule has 3 rings (SSSR count). The average molecular weight is 481 g/mol. The second-order valence-corrected chi connectivity index (χ2v) is 11.7. The zero-order chi connectivity index (χ0) is 25.6. The van der Waals surface area contributed by atoms with Gasteiger partial charge in [-0.25, -0.2) is 4.98 Å². The first-order valence-electron chi connectivity index (χ1n) is 13.0. The van der Waals surface area contributed by atoms with Crippen molar-refractivity contribution in [1.29, 1.82) is 0 Å². The number of carbonyl (C=O) groups is 1. The van der Waals surface area contributed by atoms with Gasteiger partial charge in [-0.05, 0) is 46.9 Å². The monoisotopic (exact) mass is 480 g/mol. The second kappa shape index (κ2) is 11.5. The molecule has 0 fully saturated rings. The minimum Gasteiger partial charge on any atom is -0.390 e. The van der Waals surface area contributed by atoms with E-state index in [1.807, 2.05) is 6.07 Å². The van der Waals surface area contributed by atoms with Crippen LogP contribution in [0.1, 0.15) is 75.9 Å². The first-order chi connectivity index (χ1) is 16.5. The molecule has 2 aromatic rings. The predicted molar refractivity (Wildman–Crippen MR) is 144 cm³/mol. The van der Waals surface area contributed by atoms with E-state index in [4.69, 9.17) is 0 Å². The van der Waals surface area contributed by atoms with Crippen LogP contribution in [0.15, 0.2) is 42.6 Å². The fourth-order valence-electron chi connectivity index (χ4n) is 5.56. The highest BCUT2D eigenvalue weighted by Gasteiger charge is 2.37. The zero-order valence-electron chi connectivity index (χ0n) is 22.4. The van der Waals surface area contributed by atoms with Gasteiger partial charge in [-0.3, -0.25) is 9.69 Å². The molecule has 0 radical (unpaired) electrons. The fourth-order valence-corrected chi connectivity index (χ4v) is 5.56. The average Bonchev–Trinajstić information content (AvgIpc) is 2.80. The maximum atomic E-state index is 12.8. The van der Waals surface area contributed by atoms with Gasteiger partial charge in [0.25, 0.3) is 5.91 Å². The van der Waals surface area contributed by atoms with Gasteiger partial charge in [0.15, 0.2) is 0 Å². The summed E-state index contributed by atoms with van der Waals surface area (Å²) in [5.41, 5.74) is 3.36. The van der Waals surface area contributed by atoms with Crippen LogP contribution in [-0.2, 0) is 13.0 Å². The Bertz CT molecular complexity index is 983. The number of aliphatic hydroxyl groups excluding tert-OH is 1. The van der Waals surface area contributed by atoms with Crippen LogP contribution in [0.5, 0.6) is 0 Å². The highest BCUT2D eigenvalue weighted by atomic mass is 16.3. The highest BCUT2D eigenvalue weighted by molar-refractivity contribution is 5.94. The number of aromatic nitrogens is 1. The molecule has 2 atom stereocenters. The molecule has 2 unspecified atom stereocenters. The van der Waals surface area contributed by atoms with E-state index < -0.39 is 6.10 Å². The summed E-state index contributed by atoms with van der Waals surface area (Å²) in [6.07, 6.45) is 4.26. The van der Waals surface area contributed by atoms with Crippen LogP contribution in [-0.4, -0.2) is 52.7 Å². The van der Waals surface area contributed by atoms with Crippen molar-refractivity contribution in [3.8, 4) is 0 Å². The Hall–Kier alpha value is -2.44. The molecular formula is C29H44N4O2. The Morgan fingerprint density at radius 3 is 2.54 bits per heavy atom. The molecule has 1 aromatic carbocycles. The topological polar surface area (TPSA) is 77.5 Å². The van der Waals surface area contributed by atoms with Crippen molar-refractivity contribution in [2.45, 2.75) is 79.5 Å². The summed E-state index contributed by atoms with van der Waals surface area (Å²) in [6, 6.07) is 12.2. The minimum absolute atomic E-state index is 0.0255. The number of nitrogens with zero attached hydrogens (tertiary/aromatic N) is 2. The summed E-state index contributed by atoms with van der Waals surface area (Å²) < 4.78 is 0. The molecule has 0 saturated heterocycles. The molecule has 0 saturated carbocycles. The molecule has 1 aliphatic rings. The molecule has 1 aromatic heterocycles. The minimum atomic E-state index is -0.622. The van der Waals surface area contributed by atoms with E-state index in [1.165, 1.54) is 11.1 Å². The highest BCUT2D eigenvalue weighted by Crippen LogP contribution is 2.39. The lowest BCUT2D eigenvalue weighted by molar-refractivity contribution is 0.0842. The van der Waals surface area contributed by atoms with Gasteiger partial charge < -0.3 is 15.7 Å². The van der Waals surface area contributed by atoms with Crippen molar-refractivity contribution >= 4 is 11.7 Å². The van der Waals surface area contributed by atoms with Crippen molar-refractivity contribution < 1.29 is 9.90 Å². The molecule has 6 heteroatoms. The summed E-state index contributed by atoms with van der Waals surface area (Å²) in [4.78, 5) is 19.6. The number of hydrogen-bond donors (Lipinski definition) is 3. The molecule has 1 amide bonds. The Morgan fingerprint density at radius 2 is 1.86 bits per heavy atom. The maximum absolute atomic E-state index is 12.8. The first kappa shape index (κ1) is 27.2. The maximum Gasteiger partial charge on any atom is 0.251 e. The number of nitrogens with one attached hydrogen (secondary N) is 2. The Kier molecular flexibility index (Phi) is 8.94. The van der Waals surface area contributed by atoms with Crippen molar-refractivity contribution in [1.82, 2.24) is 15.2 Å². The van der Waals surface area contributed by atoms with Crippen molar-refractivity contribution in [2.24, 2.45) is 10.8 Å². The summed E-state index contributed by atoms with van der Waals surface area (Å²) in [5, 5.41) is 17.1. The Morgan fingerprint density at radius 1 is 1.14 bits per heavy atom. The standard InChI is InChI=1S/C29H44N4O2/c1-7-14-29(5,6)27(28(2,3)4)32-25-17-22(12-15-30-25)26(35)31-18-24(34)20-33-16-13-21-10-8-9-11-23(21)19-33/h8-12,15,17,24,27,34H,7,13-14,16,18-20H2,1-6H3,(H,30,32)(H,31,35). The number of amides is 1. The normalized spacial score (nSPS) is 16.3. The summed E-state index contributed by atoms with van der Waals surface area (Å²) in [6.45, 7) is 16.0. The first-order valence-corrected chi connectivity index (χ1v) is 13.0. The fraction of sp³-hybridized carbons (Fsp3) is 0.586. The zero-order valence-corrected chi connectivity index (χ0v) is 22.4. The Balaban J connectivity index is 1.56. The number of aliphatic hydroxyl groups is 1. The number of rotatable bonds is 10. The number of fused-ring (bicyclic) bond motifs is 1. The van der Waals surface area contributed by atoms with E-state index >= 15 is 0 Å². The van der Waals surface area contributed by atoms with Gasteiger partial charge in [-0.1, -0.05) is 72.2 Å². The van der Waals surface area contributed by atoms with Gasteiger partial charge in [0.2, 0.25) is 0 Å². The molecule has 0 spiro atoms. The smallest absolute Gasteiger partial charge is 0.251 e. The molecule has 192 valence electrons. The van der Waals surface area contributed by atoms with Crippen LogP contribution in [0.3, 0.4) is 0 Å². The quantitative estimate of drug-likeness (QED) is 0.452. The lowest BCUT2D eigenvalue weighted by Crippen LogP contribution is -2.46. The molecule has 1 aliphatic heterocycles. The van der Waals surface area contributed by atoms with Gasteiger partial charge in [0.05, 0.1) is 6.10 Å². The number of hydrogen-bond acceptors (Lipinski definition) is 5. The number of anilines is 1. The van der Waals surface area contributed by atoms with Crippen LogP contribution >= 0.6 is 0 Å². The van der Waals surface area contributed by atoms with E-state index in [-0.39, 0.29) is 29.3 Å². The van der Waals surface area contributed by atoms with E-state index in [1.54, 1.807) is 12.3 Å². The van der Waals surface area contributed by atoms with Crippen LogP contribution in [0.4, 0.5) is 5.82 Å². The third-order valence-electron chi connectivity index (χ3n) is 7.03. The number of benzene rings is 1. The SMILES string of the molecule is CCCC(C)(C)C(Nc1cc(C(=O)NCC(O)CN2CCc3ccccc3C2)ccn1)C(C)(C)C. The lowest BCUT2D eigenvalue weighted by atomic mass is 9.69. The number of pyridine rings is 1. The van der Waals surface area contributed by atoms with Gasteiger partial charge in [0, 0.05) is 44.0 Å². The lowest BCUT2D eigenvalue weighted by Gasteiger charge is -2.43. The predicted octanol–water partition coefficient (Wildman–Crippen LogP) is 4.88. The van der Waals surface area contributed by atoms with E-state index in [2.05, 4.69) is 86.3 Å². The third kappa shape index (κ3) is 7.52. The number of β-amino-alcohol motifs (C(OH)–C–C–N with tert-alkyl or cyclic N) is 1. The van der Waals surface area contributed by atoms with E-state index in [0.717, 1.165) is 32.4 Å². The third-order valence-corrected chi connectivity index (χ3v) is 7.03. The van der Waals surface area contributed by atoms with Crippen LogP contribution < -0.4 is 10.6 Å². The second-order valence-electron chi connectivity index (χ2n) is 11.7. The van der Waals surface area contributed by atoms with Crippen molar-refractivity contribution in [3.05, 3.63) is 59.3 Å². The van der Waals surface area contributed by atoms with Gasteiger partial charge in [-0.2, -0.15) is 0 Å². The summed E-state index contributed by atoms with van der Waals surface area (Å²) in [5.74, 6) is 0.507. The van der Waals surface area contributed by atoms with Gasteiger partial charge >= 0.3 is 0 Å². The van der Waals surface area contributed by atoms with E-state index in [9.17, 15) is 9.90 Å². The molecule has 3 N–H and O–H groups in total. The molecule has 0 bridgehead atoms. The van der Waals surface area contributed by atoms with E-state index in [0.29, 0.717) is 17.9 Å². The number of carbonyl (C=O) groups excluding carboxylic acids is 1. The molecule has 2 heterocycles. The van der Waals surface area contributed by atoms with Crippen LogP contribution in [0.2, 0.25) is 0 Å². The molecule has 6 nitrogen and oxygen atoms in total. The summed E-state index contributed by atoms with van der Waals surface area (Å²) >= 11 is 0. The van der Waals surface area contributed by atoms with Gasteiger partial charge in [-0.15, -0.1) is 0 Å². The largest absolute Gasteiger partial charge is 0.390 e. The molecule has 0 aliphatic carbocycles. The van der Waals surface area contributed by atoms with Crippen molar-refractivity contribution in [2.75, 3.05) is 25.0 Å². The molecular weight excluding hydrogens is 436 g/mol. The molecule has 35 heavy (non-hydrogen) atoms. The van der Waals surface area contributed by atoms with Crippen molar-refractivity contribution in [3.63, 3.8) is 0 Å². The summed E-state index contributed by atoms with van der Waals surface area (Å²) in [7, 11) is 0. The Labute approximate surface area is 211 Å². The van der Waals surface area contributed by atoms with Crippen LogP contribution in [0.25, 0.3) is 0 Å².